The minimum absolute atomic E-state index is 0.935. The molecule has 2 nitrogen and oxygen atoms in total. The maximum Gasteiger partial charge on any atom is 0.118 e. The number of ether oxygens (including phenoxy) is 1. The number of aryl methyl sites for hydroxylation is 1. The molecule has 0 saturated carbocycles. The number of nitrogens with zero attached hydrogens (tertiary/aromatic N) is 1. The standard InChI is InChI=1S/C9H13BO.C3H9N/c1-11-9-4-2-8(3-5-9)6-7-10;1-4(2)3/h2-5H,6-7,10H2,1H3;1-3H3. The average molecular weight is 207 g/mol. The molecule has 3 heteroatoms. The summed E-state index contributed by atoms with van der Waals surface area (Å²) in [6.45, 7) is 0. The van der Waals surface area contributed by atoms with Crippen LogP contribution in [0.15, 0.2) is 24.3 Å². The van der Waals surface area contributed by atoms with Gasteiger partial charge in [0.2, 0.25) is 0 Å². The Morgan fingerprint density at radius 1 is 1.13 bits per heavy atom. The molecule has 0 saturated heterocycles. The summed E-state index contributed by atoms with van der Waals surface area (Å²) < 4.78 is 5.05. The molecule has 15 heavy (non-hydrogen) atoms. The van der Waals surface area contributed by atoms with Crippen molar-refractivity contribution in [2.45, 2.75) is 12.7 Å². The molecule has 0 aliphatic heterocycles. The van der Waals surface area contributed by atoms with Crippen LogP contribution in [-0.2, 0) is 6.42 Å². The van der Waals surface area contributed by atoms with Crippen LogP contribution < -0.4 is 4.74 Å². The van der Waals surface area contributed by atoms with E-state index in [9.17, 15) is 0 Å². The number of methoxy groups -OCH3 is 1. The van der Waals surface area contributed by atoms with Gasteiger partial charge < -0.3 is 9.64 Å². The van der Waals surface area contributed by atoms with Crippen molar-refractivity contribution in [3.05, 3.63) is 29.8 Å². The molecular formula is C12H22BNO. The molecule has 0 bridgehead atoms. The summed E-state index contributed by atoms with van der Waals surface area (Å²) in [5.41, 5.74) is 1.38. The lowest BCUT2D eigenvalue weighted by atomic mass is 9.97. The highest BCUT2D eigenvalue weighted by atomic mass is 16.5. The fourth-order valence-corrected chi connectivity index (χ4v) is 1.08. The van der Waals surface area contributed by atoms with Gasteiger partial charge in [0.25, 0.3) is 0 Å². The first kappa shape index (κ1) is 14.0. The lowest BCUT2D eigenvalue weighted by molar-refractivity contribution is 0.414. The van der Waals surface area contributed by atoms with E-state index in [-0.39, 0.29) is 0 Å². The van der Waals surface area contributed by atoms with Gasteiger partial charge in [0.15, 0.2) is 0 Å². The predicted molar refractivity (Wildman–Crippen MR) is 69.7 cm³/mol. The van der Waals surface area contributed by atoms with Crippen LogP contribution in [0.3, 0.4) is 0 Å². The van der Waals surface area contributed by atoms with Crippen LogP contribution in [-0.4, -0.2) is 41.0 Å². The molecule has 0 aliphatic carbocycles. The highest BCUT2D eigenvalue weighted by molar-refractivity contribution is 6.08. The van der Waals surface area contributed by atoms with Gasteiger partial charge in [-0.3, -0.25) is 0 Å². The topological polar surface area (TPSA) is 12.5 Å². The number of rotatable bonds is 3. The Balaban J connectivity index is 0.000000423. The molecule has 0 heterocycles. The van der Waals surface area contributed by atoms with E-state index >= 15 is 0 Å². The Hall–Kier alpha value is -0.955. The fourth-order valence-electron chi connectivity index (χ4n) is 1.08. The Morgan fingerprint density at radius 2 is 1.60 bits per heavy atom. The summed E-state index contributed by atoms with van der Waals surface area (Å²) in [6.07, 6.45) is 2.36. The summed E-state index contributed by atoms with van der Waals surface area (Å²) in [7, 11) is 9.87. The number of hydrogen-bond acceptors (Lipinski definition) is 2. The molecule has 1 rings (SSSR count). The first-order valence-electron chi connectivity index (χ1n) is 5.34. The largest absolute Gasteiger partial charge is 0.497 e. The quantitative estimate of drug-likeness (QED) is 0.696. The van der Waals surface area contributed by atoms with Crippen molar-refractivity contribution in [3.8, 4) is 5.75 Å². The van der Waals surface area contributed by atoms with Gasteiger partial charge in [0, 0.05) is 0 Å². The van der Waals surface area contributed by atoms with E-state index in [1.54, 1.807) is 7.11 Å². The van der Waals surface area contributed by atoms with Crippen molar-refractivity contribution in [2.24, 2.45) is 0 Å². The van der Waals surface area contributed by atoms with Crippen LogP contribution in [0.2, 0.25) is 6.32 Å². The third-order valence-corrected chi connectivity index (χ3v) is 1.70. The van der Waals surface area contributed by atoms with Crippen molar-refractivity contribution >= 4 is 7.85 Å². The molecule has 0 aromatic heterocycles. The molecular weight excluding hydrogens is 185 g/mol. The third-order valence-electron chi connectivity index (χ3n) is 1.70. The van der Waals surface area contributed by atoms with Gasteiger partial charge in [-0.25, -0.2) is 0 Å². The maximum atomic E-state index is 5.05. The first-order valence-corrected chi connectivity index (χ1v) is 5.34. The Morgan fingerprint density at radius 3 is 1.93 bits per heavy atom. The van der Waals surface area contributed by atoms with E-state index in [4.69, 9.17) is 4.74 Å². The Labute approximate surface area is 94.7 Å². The van der Waals surface area contributed by atoms with Crippen LogP contribution in [0.5, 0.6) is 5.75 Å². The Kier molecular flexibility index (Phi) is 7.83. The molecule has 0 atom stereocenters. The summed E-state index contributed by atoms with van der Waals surface area (Å²) in [6, 6.07) is 8.24. The van der Waals surface area contributed by atoms with Gasteiger partial charge in [0.1, 0.15) is 13.6 Å². The molecule has 0 unspecified atom stereocenters. The van der Waals surface area contributed by atoms with Crippen molar-refractivity contribution in [3.63, 3.8) is 0 Å². The summed E-state index contributed by atoms with van der Waals surface area (Å²) in [5.74, 6) is 0.935. The first-order chi connectivity index (χ1) is 7.10. The SMILES string of the molecule is BCCc1ccc(OC)cc1.CN(C)C. The zero-order chi connectivity index (χ0) is 11.7. The highest BCUT2D eigenvalue weighted by Crippen LogP contribution is 2.11. The summed E-state index contributed by atoms with van der Waals surface area (Å²) in [4.78, 5) is 2.00. The molecule has 84 valence electrons. The third kappa shape index (κ3) is 8.07. The van der Waals surface area contributed by atoms with Gasteiger partial charge in [-0.15, -0.1) is 0 Å². The number of hydrogen-bond donors (Lipinski definition) is 0. The normalized spacial score (nSPS) is 9.40. The Bertz CT molecular complexity index is 244. The second kappa shape index (κ2) is 8.36. The zero-order valence-electron chi connectivity index (χ0n) is 10.6. The monoisotopic (exact) mass is 207 g/mol. The van der Waals surface area contributed by atoms with Crippen LogP contribution in [0.1, 0.15) is 5.56 Å². The van der Waals surface area contributed by atoms with E-state index in [1.165, 1.54) is 11.9 Å². The van der Waals surface area contributed by atoms with Crippen LogP contribution in [0.4, 0.5) is 0 Å². The molecule has 0 radical (unpaired) electrons. The van der Waals surface area contributed by atoms with Crippen LogP contribution >= 0.6 is 0 Å². The second-order valence-corrected chi connectivity index (χ2v) is 3.94. The summed E-state index contributed by atoms with van der Waals surface area (Å²) >= 11 is 0. The molecule has 0 fully saturated rings. The van der Waals surface area contributed by atoms with Crippen molar-refractivity contribution in [1.82, 2.24) is 4.90 Å². The molecule has 0 spiro atoms. The molecule has 1 aromatic carbocycles. The molecule has 0 N–H and O–H groups in total. The van der Waals surface area contributed by atoms with Crippen LogP contribution in [0.25, 0.3) is 0 Å². The van der Waals surface area contributed by atoms with E-state index in [0.29, 0.717) is 0 Å². The molecule has 1 aromatic rings. The van der Waals surface area contributed by atoms with E-state index in [2.05, 4.69) is 20.0 Å². The maximum absolute atomic E-state index is 5.05. The van der Waals surface area contributed by atoms with Crippen LogP contribution in [0, 0.1) is 0 Å². The predicted octanol–water partition coefficient (Wildman–Crippen LogP) is 1.47. The summed E-state index contributed by atoms with van der Waals surface area (Å²) in [5, 5.41) is 0. The minimum atomic E-state index is 0.935. The zero-order valence-corrected chi connectivity index (χ0v) is 10.6. The van der Waals surface area contributed by atoms with E-state index in [1.807, 2.05) is 38.2 Å². The van der Waals surface area contributed by atoms with E-state index in [0.717, 1.165) is 12.2 Å². The minimum Gasteiger partial charge on any atom is -0.497 e. The van der Waals surface area contributed by atoms with Crippen molar-refractivity contribution in [1.29, 1.82) is 0 Å². The van der Waals surface area contributed by atoms with Gasteiger partial charge in [-0.1, -0.05) is 18.5 Å². The lowest BCUT2D eigenvalue weighted by Gasteiger charge is -2.00. The van der Waals surface area contributed by atoms with Gasteiger partial charge in [-0.05, 0) is 45.3 Å². The van der Waals surface area contributed by atoms with Gasteiger partial charge in [-0.2, -0.15) is 0 Å². The smallest absolute Gasteiger partial charge is 0.118 e. The van der Waals surface area contributed by atoms with Gasteiger partial charge in [0.05, 0.1) is 7.11 Å². The molecule has 0 amide bonds. The molecule has 0 aliphatic rings. The second-order valence-electron chi connectivity index (χ2n) is 3.94. The van der Waals surface area contributed by atoms with E-state index < -0.39 is 0 Å². The van der Waals surface area contributed by atoms with Crippen molar-refractivity contribution in [2.75, 3.05) is 28.3 Å². The number of benzene rings is 1. The fraction of sp³-hybridized carbons (Fsp3) is 0.500. The highest BCUT2D eigenvalue weighted by Gasteiger charge is 1.91. The lowest BCUT2D eigenvalue weighted by Crippen LogP contribution is -1.99. The van der Waals surface area contributed by atoms with Gasteiger partial charge >= 0.3 is 0 Å². The van der Waals surface area contributed by atoms with Crippen molar-refractivity contribution < 1.29 is 4.74 Å². The average Bonchev–Trinajstić information content (AvgIpc) is 2.19.